The van der Waals surface area contributed by atoms with Crippen molar-refractivity contribution in [1.29, 1.82) is 0 Å². The zero-order chi connectivity index (χ0) is 13.4. The van der Waals surface area contributed by atoms with Gasteiger partial charge in [0.25, 0.3) is 5.78 Å². The number of rotatable bonds is 3. The summed E-state index contributed by atoms with van der Waals surface area (Å²) in [6.45, 7) is 0. The van der Waals surface area contributed by atoms with E-state index in [2.05, 4.69) is 20.1 Å². The highest BCUT2D eigenvalue weighted by Gasteiger charge is 2.16. The van der Waals surface area contributed by atoms with Gasteiger partial charge in [-0.2, -0.15) is 19.5 Å². The van der Waals surface area contributed by atoms with Gasteiger partial charge in [-0.3, -0.25) is 0 Å². The minimum atomic E-state index is 0.267. The Morgan fingerprint density at radius 2 is 2.21 bits per heavy atom. The molecule has 0 atom stereocenters. The predicted octanol–water partition coefficient (Wildman–Crippen LogP) is 1.56. The van der Waals surface area contributed by atoms with Crippen molar-refractivity contribution < 1.29 is 4.74 Å². The molecule has 0 aliphatic carbocycles. The first-order chi connectivity index (χ1) is 9.22. The number of thiophene rings is 1. The molecule has 0 unspecified atom stereocenters. The fourth-order valence-corrected chi connectivity index (χ4v) is 2.74. The van der Waals surface area contributed by atoms with Crippen LogP contribution < -0.4 is 10.5 Å². The van der Waals surface area contributed by atoms with Gasteiger partial charge in [0.05, 0.1) is 7.11 Å². The first kappa shape index (κ1) is 12.2. The van der Waals surface area contributed by atoms with Crippen molar-refractivity contribution in [3.8, 4) is 16.5 Å². The zero-order valence-electron chi connectivity index (χ0n) is 10.2. The molecule has 0 bridgehead atoms. The van der Waals surface area contributed by atoms with Gasteiger partial charge < -0.3 is 10.5 Å². The highest BCUT2D eigenvalue weighted by Crippen LogP contribution is 2.33. The van der Waals surface area contributed by atoms with Crippen molar-refractivity contribution >= 4 is 34.8 Å². The molecule has 7 nitrogen and oxygen atoms in total. The molecule has 9 heteroatoms. The Bertz CT molecular complexity index is 737. The molecule has 2 N–H and O–H groups in total. The van der Waals surface area contributed by atoms with Crippen LogP contribution in [0.1, 0.15) is 0 Å². The summed E-state index contributed by atoms with van der Waals surface area (Å²) in [5.41, 5.74) is 5.84. The summed E-state index contributed by atoms with van der Waals surface area (Å²) >= 11 is 2.91. The molecule has 0 amide bonds. The van der Waals surface area contributed by atoms with Gasteiger partial charge in [-0.1, -0.05) is 11.8 Å². The van der Waals surface area contributed by atoms with E-state index in [1.54, 1.807) is 7.11 Å². The quantitative estimate of drug-likeness (QED) is 0.733. The second kappa shape index (κ2) is 4.67. The third-order valence-corrected chi connectivity index (χ3v) is 3.89. The van der Waals surface area contributed by atoms with Crippen LogP contribution in [0.4, 0.5) is 5.95 Å². The molecular formula is C10H10N6OS2. The Hall–Kier alpha value is -1.87. The molecule has 3 heterocycles. The first-order valence-corrected chi connectivity index (χ1v) is 7.39. The van der Waals surface area contributed by atoms with E-state index >= 15 is 0 Å². The molecule has 3 aromatic rings. The van der Waals surface area contributed by atoms with Crippen molar-refractivity contribution in [2.75, 3.05) is 19.1 Å². The average molecular weight is 294 g/mol. The van der Waals surface area contributed by atoms with E-state index in [-0.39, 0.29) is 5.95 Å². The van der Waals surface area contributed by atoms with Crippen LogP contribution in [-0.2, 0) is 0 Å². The van der Waals surface area contributed by atoms with Crippen molar-refractivity contribution in [2.24, 2.45) is 0 Å². The lowest BCUT2D eigenvalue weighted by atomic mass is 10.4. The third kappa shape index (κ3) is 2.00. The van der Waals surface area contributed by atoms with Crippen molar-refractivity contribution in [1.82, 2.24) is 24.6 Å². The maximum absolute atomic E-state index is 5.84. The molecule has 3 aromatic heterocycles. The molecule has 3 rings (SSSR count). The maximum atomic E-state index is 5.84. The Kier molecular flexibility index (Phi) is 2.99. The van der Waals surface area contributed by atoms with Gasteiger partial charge in [0.1, 0.15) is 10.6 Å². The van der Waals surface area contributed by atoms with Gasteiger partial charge in [-0.15, -0.1) is 16.4 Å². The van der Waals surface area contributed by atoms with Crippen LogP contribution in [0, 0.1) is 0 Å². The van der Waals surface area contributed by atoms with Crippen molar-refractivity contribution in [3.63, 3.8) is 0 Å². The Morgan fingerprint density at radius 1 is 1.37 bits per heavy atom. The fraction of sp³-hybridized carbons (Fsp3) is 0.200. The molecule has 98 valence electrons. The largest absolute Gasteiger partial charge is 0.495 e. The lowest BCUT2D eigenvalue weighted by Crippen LogP contribution is -2.04. The first-order valence-electron chi connectivity index (χ1n) is 5.29. The highest BCUT2D eigenvalue weighted by atomic mass is 32.2. The monoisotopic (exact) mass is 294 g/mol. The van der Waals surface area contributed by atoms with E-state index < -0.39 is 0 Å². The van der Waals surface area contributed by atoms with Crippen LogP contribution in [0.15, 0.2) is 16.6 Å². The van der Waals surface area contributed by atoms with Gasteiger partial charge in [-0.05, 0) is 17.7 Å². The van der Waals surface area contributed by atoms with Gasteiger partial charge in [0.2, 0.25) is 5.95 Å². The number of nitrogen functional groups attached to an aromatic ring is 1. The van der Waals surface area contributed by atoms with Gasteiger partial charge >= 0.3 is 0 Å². The summed E-state index contributed by atoms with van der Waals surface area (Å²) in [5, 5.41) is 6.81. The number of ether oxygens (including phenoxy) is 1. The Balaban J connectivity index is 2.19. The number of methoxy groups -OCH3 is 1. The van der Waals surface area contributed by atoms with E-state index in [1.165, 1.54) is 27.6 Å². The molecule has 0 aliphatic heterocycles. The number of nitrogens with zero attached hydrogens (tertiary/aromatic N) is 5. The smallest absolute Gasteiger partial charge is 0.258 e. The lowest BCUT2D eigenvalue weighted by molar-refractivity contribution is 0.418. The normalized spacial score (nSPS) is 11.1. The third-order valence-electron chi connectivity index (χ3n) is 2.45. The summed E-state index contributed by atoms with van der Waals surface area (Å²) in [6.07, 6.45) is 1.88. The van der Waals surface area contributed by atoms with E-state index in [9.17, 15) is 0 Å². The van der Waals surface area contributed by atoms with E-state index in [4.69, 9.17) is 10.5 Å². The predicted molar refractivity (Wildman–Crippen MR) is 74.6 cm³/mol. The molecule has 0 saturated heterocycles. The average Bonchev–Trinajstić information content (AvgIpc) is 3.03. The number of nitrogens with two attached hydrogens (primary N) is 1. The molecule has 0 spiro atoms. The van der Waals surface area contributed by atoms with Crippen LogP contribution >= 0.6 is 23.1 Å². The fourth-order valence-electron chi connectivity index (χ4n) is 1.59. The van der Waals surface area contributed by atoms with E-state index in [1.807, 2.05) is 17.7 Å². The van der Waals surface area contributed by atoms with E-state index in [0.29, 0.717) is 16.8 Å². The molecule has 0 radical (unpaired) electrons. The number of hydrogen-bond donors (Lipinski definition) is 1. The van der Waals surface area contributed by atoms with Crippen molar-refractivity contribution in [3.05, 3.63) is 11.4 Å². The standard InChI is InChI=1S/C10H10N6OS2/c1-17-5-3-4-19-6(5)7-12-9-14-10(18-2)13-8(11)16(9)15-7/h3-4H,1-2H3,(H2,11,12,13,14,15). The second-order valence-corrected chi connectivity index (χ2v) is 5.22. The Labute approximate surface area is 116 Å². The number of anilines is 1. The summed E-state index contributed by atoms with van der Waals surface area (Å²) in [6, 6.07) is 1.87. The molecule has 0 aliphatic rings. The van der Waals surface area contributed by atoms with Crippen LogP contribution in [-0.4, -0.2) is 37.9 Å². The zero-order valence-corrected chi connectivity index (χ0v) is 11.8. The number of aromatic nitrogens is 5. The SMILES string of the molecule is COc1ccsc1-c1nc2nc(SC)nc(N)n2n1. The number of hydrogen-bond acceptors (Lipinski definition) is 8. The topological polar surface area (TPSA) is 91.2 Å². The summed E-state index contributed by atoms with van der Waals surface area (Å²) in [7, 11) is 1.61. The van der Waals surface area contributed by atoms with Gasteiger partial charge in [-0.25, -0.2) is 0 Å². The molecule has 0 fully saturated rings. The Morgan fingerprint density at radius 3 is 2.95 bits per heavy atom. The minimum Gasteiger partial charge on any atom is -0.495 e. The summed E-state index contributed by atoms with van der Waals surface area (Å²) < 4.78 is 6.69. The minimum absolute atomic E-state index is 0.267. The number of thioether (sulfide) groups is 1. The highest BCUT2D eigenvalue weighted by molar-refractivity contribution is 7.98. The van der Waals surface area contributed by atoms with Crippen LogP contribution in [0.2, 0.25) is 0 Å². The van der Waals surface area contributed by atoms with Crippen LogP contribution in [0.5, 0.6) is 5.75 Å². The van der Waals surface area contributed by atoms with Gasteiger partial charge in [0, 0.05) is 0 Å². The number of fused-ring (bicyclic) bond motifs is 1. The maximum Gasteiger partial charge on any atom is 0.258 e. The van der Waals surface area contributed by atoms with Gasteiger partial charge in [0.15, 0.2) is 11.0 Å². The summed E-state index contributed by atoms with van der Waals surface area (Å²) in [5.74, 6) is 1.97. The van der Waals surface area contributed by atoms with Crippen LogP contribution in [0.3, 0.4) is 0 Å². The van der Waals surface area contributed by atoms with Crippen molar-refractivity contribution in [2.45, 2.75) is 5.16 Å². The van der Waals surface area contributed by atoms with E-state index in [0.717, 1.165) is 10.6 Å². The molecule has 0 aromatic carbocycles. The van der Waals surface area contributed by atoms with Crippen LogP contribution in [0.25, 0.3) is 16.5 Å². The second-order valence-electron chi connectivity index (χ2n) is 3.53. The molecule has 0 saturated carbocycles. The lowest BCUT2D eigenvalue weighted by Gasteiger charge is -1.98. The molecular weight excluding hydrogens is 284 g/mol. The summed E-state index contributed by atoms with van der Waals surface area (Å²) in [4.78, 5) is 13.6. The molecule has 19 heavy (non-hydrogen) atoms.